The molecular weight excluding hydrogens is 432 g/mol. The Morgan fingerprint density at radius 2 is 1.97 bits per heavy atom. The molecule has 4 aromatic rings. The van der Waals surface area contributed by atoms with Crippen molar-refractivity contribution in [2.24, 2.45) is 0 Å². The molecule has 1 aliphatic heterocycles. The predicted octanol–water partition coefficient (Wildman–Crippen LogP) is 4.90. The topological polar surface area (TPSA) is 95.8 Å². The van der Waals surface area contributed by atoms with Gasteiger partial charge in [-0.2, -0.15) is 0 Å². The Labute approximate surface area is 196 Å². The number of ketones is 1. The molecule has 1 aliphatic rings. The van der Waals surface area contributed by atoms with Gasteiger partial charge in [0.05, 0.1) is 25.0 Å². The van der Waals surface area contributed by atoms with Gasteiger partial charge in [0.1, 0.15) is 5.75 Å². The molecule has 1 atom stereocenters. The number of aliphatic hydroxyl groups is 1. The minimum absolute atomic E-state index is 0.0319. The number of aryl methyl sites for hydroxylation is 1. The fraction of sp³-hybridized carbons (Fsp3) is 0.185. The monoisotopic (exact) mass is 456 g/mol. The molecular formula is C27H24N2O5. The standard InChI is InChI=1S/C27H24N2O5/c1-16-5-7-17(8-6-16)24-23(25(30)22-4-3-13-34-22)26(31)27(32)29(24)12-11-18-15-28-21-10-9-19(33-2)14-20(18)21/h3-10,13-15,24,28,31H,11-12H2,1-2H3. The fourth-order valence-corrected chi connectivity index (χ4v) is 4.48. The number of H-pyrrole nitrogens is 1. The molecule has 172 valence electrons. The molecule has 2 aromatic carbocycles. The third-order valence-corrected chi connectivity index (χ3v) is 6.28. The zero-order valence-electron chi connectivity index (χ0n) is 18.9. The highest BCUT2D eigenvalue weighted by Gasteiger charge is 2.44. The summed E-state index contributed by atoms with van der Waals surface area (Å²) in [6.07, 6.45) is 3.83. The summed E-state index contributed by atoms with van der Waals surface area (Å²) in [5, 5.41) is 11.8. The molecule has 1 amide bonds. The van der Waals surface area contributed by atoms with Gasteiger partial charge in [0.15, 0.2) is 11.5 Å². The van der Waals surface area contributed by atoms with Crippen LogP contribution in [0.3, 0.4) is 0 Å². The summed E-state index contributed by atoms with van der Waals surface area (Å²) in [6.45, 7) is 2.27. The lowest BCUT2D eigenvalue weighted by atomic mass is 9.94. The molecule has 0 bridgehead atoms. The number of carbonyl (C=O) groups excluding carboxylic acids is 2. The quantitative estimate of drug-likeness (QED) is 0.386. The van der Waals surface area contributed by atoms with Crippen LogP contribution in [0.4, 0.5) is 0 Å². The van der Waals surface area contributed by atoms with Gasteiger partial charge in [0.25, 0.3) is 5.91 Å². The van der Waals surface area contributed by atoms with E-state index in [1.54, 1.807) is 18.1 Å². The van der Waals surface area contributed by atoms with Crippen molar-refractivity contribution in [1.82, 2.24) is 9.88 Å². The van der Waals surface area contributed by atoms with E-state index in [9.17, 15) is 14.7 Å². The number of ether oxygens (including phenoxy) is 1. The van der Waals surface area contributed by atoms with Gasteiger partial charge >= 0.3 is 0 Å². The predicted molar refractivity (Wildman–Crippen MR) is 127 cm³/mol. The lowest BCUT2D eigenvalue weighted by Gasteiger charge is -2.26. The molecule has 7 heteroatoms. The summed E-state index contributed by atoms with van der Waals surface area (Å²) in [6, 6.07) is 15.8. The molecule has 0 spiro atoms. The highest BCUT2D eigenvalue weighted by atomic mass is 16.5. The molecule has 0 radical (unpaired) electrons. The van der Waals surface area contributed by atoms with E-state index in [-0.39, 0.29) is 11.3 Å². The van der Waals surface area contributed by atoms with E-state index in [0.717, 1.165) is 33.3 Å². The van der Waals surface area contributed by atoms with Crippen LogP contribution in [-0.2, 0) is 11.2 Å². The summed E-state index contributed by atoms with van der Waals surface area (Å²) in [5.74, 6) is -0.781. The number of furan rings is 1. The Bertz CT molecular complexity index is 1400. The summed E-state index contributed by atoms with van der Waals surface area (Å²) in [4.78, 5) is 31.2. The number of amides is 1. The van der Waals surface area contributed by atoms with Crippen molar-refractivity contribution in [2.45, 2.75) is 19.4 Å². The van der Waals surface area contributed by atoms with Crippen molar-refractivity contribution in [3.63, 3.8) is 0 Å². The molecule has 1 unspecified atom stereocenters. The van der Waals surface area contributed by atoms with E-state index in [4.69, 9.17) is 9.15 Å². The summed E-state index contributed by atoms with van der Waals surface area (Å²) < 4.78 is 10.6. The summed E-state index contributed by atoms with van der Waals surface area (Å²) in [7, 11) is 1.62. The van der Waals surface area contributed by atoms with E-state index < -0.39 is 23.5 Å². The number of fused-ring (bicyclic) bond motifs is 1. The maximum absolute atomic E-state index is 13.2. The van der Waals surface area contributed by atoms with Gasteiger partial charge < -0.3 is 24.1 Å². The number of methoxy groups -OCH3 is 1. The summed E-state index contributed by atoms with van der Waals surface area (Å²) >= 11 is 0. The Hall–Kier alpha value is -4.26. The van der Waals surface area contributed by atoms with Gasteiger partial charge in [-0.25, -0.2) is 0 Å². The van der Waals surface area contributed by atoms with Crippen molar-refractivity contribution >= 4 is 22.6 Å². The van der Waals surface area contributed by atoms with Crippen LogP contribution in [0.2, 0.25) is 0 Å². The summed E-state index contributed by atoms with van der Waals surface area (Å²) in [5.41, 5.74) is 3.81. The number of aromatic amines is 1. The minimum atomic E-state index is -0.717. The number of nitrogens with zero attached hydrogens (tertiary/aromatic N) is 1. The molecule has 0 aliphatic carbocycles. The van der Waals surface area contributed by atoms with Crippen LogP contribution in [0, 0.1) is 6.92 Å². The zero-order chi connectivity index (χ0) is 23.8. The molecule has 5 rings (SSSR count). The molecule has 0 saturated carbocycles. The highest BCUT2D eigenvalue weighted by molar-refractivity contribution is 6.15. The Morgan fingerprint density at radius 3 is 2.68 bits per heavy atom. The van der Waals surface area contributed by atoms with E-state index >= 15 is 0 Å². The van der Waals surface area contributed by atoms with Crippen molar-refractivity contribution < 1.29 is 23.8 Å². The first kappa shape index (κ1) is 21.6. The lowest BCUT2D eigenvalue weighted by molar-refractivity contribution is -0.129. The zero-order valence-corrected chi connectivity index (χ0v) is 18.9. The lowest BCUT2D eigenvalue weighted by Crippen LogP contribution is -2.33. The number of Topliss-reactive ketones (excluding diaryl/α,β-unsaturated/α-hetero) is 1. The van der Waals surface area contributed by atoms with Crippen molar-refractivity contribution in [3.05, 3.63) is 101 Å². The van der Waals surface area contributed by atoms with E-state index in [1.165, 1.54) is 12.3 Å². The van der Waals surface area contributed by atoms with Gasteiger partial charge in [-0.3, -0.25) is 9.59 Å². The van der Waals surface area contributed by atoms with Gasteiger partial charge in [0, 0.05) is 23.6 Å². The van der Waals surface area contributed by atoms with E-state index in [1.807, 2.05) is 55.6 Å². The minimum Gasteiger partial charge on any atom is -0.503 e. The molecule has 0 saturated heterocycles. The van der Waals surface area contributed by atoms with Crippen molar-refractivity contribution in [2.75, 3.05) is 13.7 Å². The number of benzene rings is 2. The third kappa shape index (κ3) is 3.65. The number of rotatable bonds is 7. The van der Waals surface area contributed by atoms with Gasteiger partial charge in [-0.05, 0) is 54.8 Å². The van der Waals surface area contributed by atoms with Crippen LogP contribution in [-0.4, -0.2) is 40.3 Å². The van der Waals surface area contributed by atoms with Crippen LogP contribution < -0.4 is 4.74 Å². The maximum atomic E-state index is 13.2. The number of hydrogen-bond acceptors (Lipinski definition) is 5. The first-order chi connectivity index (χ1) is 16.5. The normalized spacial score (nSPS) is 16.0. The number of aromatic nitrogens is 1. The average Bonchev–Trinajstić information content (AvgIpc) is 3.58. The largest absolute Gasteiger partial charge is 0.503 e. The van der Waals surface area contributed by atoms with E-state index in [0.29, 0.717) is 13.0 Å². The second-order valence-corrected chi connectivity index (χ2v) is 8.36. The fourth-order valence-electron chi connectivity index (χ4n) is 4.48. The first-order valence-electron chi connectivity index (χ1n) is 11.0. The molecule has 2 aromatic heterocycles. The average molecular weight is 456 g/mol. The number of nitrogens with one attached hydrogen (secondary N) is 1. The molecule has 7 nitrogen and oxygen atoms in total. The second kappa shape index (κ2) is 8.59. The number of carbonyl (C=O) groups is 2. The number of hydrogen-bond donors (Lipinski definition) is 2. The smallest absolute Gasteiger partial charge is 0.290 e. The van der Waals surface area contributed by atoms with Gasteiger partial charge in [-0.1, -0.05) is 29.8 Å². The molecule has 2 N–H and O–H groups in total. The molecule has 3 heterocycles. The van der Waals surface area contributed by atoms with Gasteiger partial charge in [-0.15, -0.1) is 0 Å². The number of aliphatic hydroxyl groups excluding tert-OH is 1. The Morgan fingerprint density at radius 1 is 1.18 bits per heavy atom. The molecule has 34 heavy (non-hydrogen) atoms. The Kier molecular flexibility index (Phi) is 5.45. The Balaban J connectivity index is 1.50. The maximum Gasteiger partial charge on any atom is 0.290 e. The van der Waals surface area contributed by atoms with Crippen molar-refractivity contribution in [3.8, 4) is 5.75 Å². The van der Waals surface area contributed by atoms with Crippen LogP contribution >= 0.6 is 0 Å². The van der Waals surface area contributed by atoms with Crippen LogP contribution in [0.25, 0.3) is 10.9 Å². The first-order valence-corrected chi connectivity index (χ1v) is 11.0. The van der Waals surface area contributed by atoms with Crippen LogP contribution in [0.15, 0.2) is 82.8 Å². The SMILES string of the molecule is COc1ccc2[nH]cc(CCN3C(=O)C(O)=C(C(=O)c4ccco4)C3c3ccc(C)cc3)c2c1. The van der Waals surface area contributed by atoms with Gasteiger partial charge in [0.2, 0.25) is 5.78 Å². The van der Waals surface area contributed by atoms with Crippen LogP contribution in [0.1, 0.15) is 33.3 Å². The van der Waals surface area contributed by atoms with Crippen molar-refractivity contribution in [1.29, 1.82) is 0 Å². The van der Waals surface area contributed by atoms with E-state index in [2.05, 4.69) is 4.98 Å². The second-order valence-electron chi connectivity index (χ2n) is 8.36. The molecule has 0 fully saturated rings. The highest BCUT2D eigenvalue weighted by Crippen LogP contribution is 2.39. The third-order valence-electron chi connectivity index (χ3n) is 6.28. The van der Waals surface area contributed by atoms with Crippen LogP contribution in [0.5, 0.6) is 5.75 Å².